The number of hydrogen-bond donors (Lipinski definition) is 1. The fourth-order valence-electron chi connectivity index (χ4n) is 1.61. The van der Waals surface area contributed by atoms with Crippen LogP contribution in [0.15, 0.2) is 0 Å². The van der Waals surface area contributed by atoms with E-state index in [1.165, 1.54) is 12.8 Å². The van der Waals surface area contributed by atoms with E-state index in [0.717, 1.165) is 17.7 Å². The fraction of sp³-hybridized carbons (Fsp3) is 0.636. The number of aromatic nitrogens is 2. The van der Waals surface area contributed by atoms with Gasteiger partial charge >= 0.3 is 0 Å². The molecule has 0 fully saturated rings. The van der Waals surface area contributed by atoms with Crippen molar-refractivity contribution in [2.75, 3.05) is 6.61 Å². The molecule has 0 spiro atoms. The van der Waals surface area contributed by atoms with Crippen molar-refractivity contribution in [2.45, 2.75) is 33.1 Å². The van der Waals surface area contributed by atoms with Gasteiger partial charge in [-0.1, -0.05) is 32.0 Å². The van der Waals surface area contributed by atoms with Crippen LogP contribution in [0.2, 0.25) is 0 Å². The van der Waals surface area contributed by atoms with Gasteiger partial charge in [0.1, 0.15) is 4.99 Å². The van der Waals surface area contributed by atoms with E-state index in [1.54, 1.807) is 4.68 Å². The number of aryl methyl sites for hydroxylation is 2. The highest BCUT2D eigenvalue weighted by atomic mass is 32.1. The highest BCUT2D eigenvalue weighted by Gasteiger charge is 2.16. The Morgan fingerprint density at radius 1 is 1.50 bits per heavy atom. The number of nitrogens with two attached hydrogens (primary N) is 1. The van der Waals surface area contributed by atoms with Gasteiger partial charge < -0.3 is 10.5 Å². The maximum absolute atomic E-state index is 5.69. The van der Waals surface area contributed by atoms with Crippen molar-refractivity contribution in [3.05, 3.63) is 11.3 Å². The van der Waals surface area contributed by atoms with Gasteiger partial charge in [-0.25, -0.2) is 4.68 Å². The van der Waals surface area contributed by atoms with E-state index in [0.29, 0.717) is 17.5 Å². The van der Waals surface area contributed by atoms with Gasteiger partial charge in [0.15, 0.2) is 0 Å². The normalized spacial score (nSPS) is 10.4. The second-order valence-corrected chi connectivity index (χ2v) is 4.25. The molecule has 0 radical (unpaired) electrons. The summed E-state index contributed by atoms with van der Waals surface area (Å²) >= 11 is 5.00. The van der Waals surface area contributed by atoms with Crippen molar-refractivity contribution in [2.24, 2.45) is 12.8 Å². The first-order chi connectivity index (χ1) is 7.57. The van der Waals surface area contributed by atoms with Crippen molar-refractivity contribution in [3.8, 4) is 5.88 Å². The highest BCUT2D eigenvalue weighted by molar-refractivity contribution is 7.80. The SMILES string of the molecule is CCCCCOc1c(C(N)=S)c(C)nn1C. The summed E-state index contributed by atoms with van der Waals surface area (Å²) in [5, 5.41) is 4.26. The van der Waals surface area contributed by atoms with Crippen LogP contribution in [0.1, 0.15) is 37.4 Å². The number of ether oxygens (including phenoxy) is 1. The lowest BCUT2D eigenvalue weighted by Crippen LogP contribution is -2.13. The molecule has 16 heavy (non-hydrogen) atoms. The summed E-state index contributed by atoms with van der Waals surface area (Å²) in [6.07, 6.45) is 3.38. The molecule has 0 aliphatic heterocycles. The minimum absolute atomic E-state index is 0.344. The van der Waals surface area contributed by atoms with Gasteiger partial charge in [-0.2, -0.15) is 5.10 Å². The summed E-state index contributed by atoms with van der Waals surface area (Å²) < 4.78 is 7.38. The number of thiocarbonyl (C=S) groups is 1. The lowest BCUT2D eigenvalue weighted by Gasteiger charge is -2.07. The average molecular weight is 241 g/mol. The monoisotopic (exact) mass is 241 g/mol. The summed E-state index contributed by atoms with van der Waals surface area (Å²) in [6, 6.07) is 0. The molecule has 0 aliphatic carbocycles. The first-order valence-electron chi connectivity index (χ1n) is 5.54. The summed E-state index contributed by atoms with van der Waals surface area (Å²) in [7, 11) is 1.84. The van der Waals surface area contributed by atoms with Crippen LogP contribution >= 0.6 is 12.2 Å². The molecule has 0 bridgehead atoms. The average Bonchev–Trinajstić information content (AvgIpc) is 2.48. The second-order valence-electron chi connectivity index (χ2n) is 3.81. The predicted molar refractivity (Wildman–Crippen MR) is 68.9 cm³/mol. The molecule has 0 amide bonds. The van der Waals surface area contributed by atoms with Crippen molar-refractivity contribution >= 4 is 17.2 Å². The second kappa shape index (κ2) is 5.84. The van der Waals surface area contributed by atoms with Gasteiger partial charge in [-0.3, -0.25) is 0 Å². The lowest BCUT2D eigenvalue weighted by atomic mass is 10.2. The van der Waals surface area contributed by atoms with E-state index in [1.807, 2.05) is 14.0 Å². The van der Waals surface area contributed by atoms with Crippen LogP contribution in [0.4, 0.5) is 0 Å². The molecule has 2 N–H and O–H groups in total. The van der Waals surface area contributed by atoms with E-state index in [9.17, 15) is 0 Å². The van der Waals surface area contributed by atoms with Crippen LogP contribution in [0.3, 0.4) is 0 Å². The van der Waals surface area contributed by atoms with E-state index in [2.05, 4.69) is 12.0 Å². The number of nitrogens with zero attached hydrogens (tertiary/aromatic N) is 2. The molecule has 0 aromatic carbocycles. The third-order valence-corrected chi connectivity index (χ3v) is 2.61. The third-order valence-electron chi connectivity index (χ3n) is 2.40. The zero-order valence-electron chi connectivity index (χ0n) is 10.1. The van der Waals surface area contributed by atoms with E-state index in [4.69, 9.17) is 22.7 Å². The fourth-order valence-corrected chi connectivity index (χ4v) is 1.84. The molecular formula is C11H19N3OS. The zero-order valence-corrected chi connectivity index (χ0v) is 10.9. The van der Waals surface area contributed by atoms with Crippen LogP contribution in [-0.2, 0) is 7.05 Å². The first kappa shape index (κ1) is 13.0. The molecule has 1 aromatic heterocycles. The van der Waals surface area contributed by atoms with Gasteiger partial charge in [-0.15, -0.1) is 0 Å². The topological polar surface area (TPSA) is 53.1 Å². The maximum Gasteiger partial charge on any atom is 0.222 e. The van der Waals surface area contributed by atoms with Crippen molar-refractivity contribution < 1.29 is 4.74 Å². The molecule has 90 valence electrons. The van der Waals surface area contributed by atoms with Gasteiger partial charge in [0.25, 0.3) is 0 Å². The Labute approximate surface area is 102 Å². The molecule has 1 heterocycles. The highest BCUT2D eigenvalue weighted by Crippen LogP contribution is 2.21. The Hall–Kier alpha value is -1.10. The van der Waals surface area contributed by atoms with Crippen LogP contribution in [0.25, 0.3) is 0 Å². The van der Waals surface area contributed by atoms with E-state index in [-0.39, 0.29) is 0 Å². The first-order valence-corrected chi connectivity index (χ1v) is 5.95. The molecule has 1 rings (SSSR count). The van der Waals surface area contributed by atoms with E-state index >= 15 is 0 Å². The quantitative estimate of drug-likeness (QED) is 0.611. The molecule has 1 aromatic rings. The minimum atomic E-state index is 0.344. The Morgan fingerprint density at radius 3 is 2.75 bits per heavy atom. The van der Waals surface area contributed by atoms with Crippen LogP contribution in [0.5, 0.6) is 5.88 Å². The predicted octanol–water partition coefficient (Wildman–Crippen LogP) is 1.93. The maximum atomic E-state index is 5.69. The van der Waals surface area contributed by atoms with E-state index < -0.39 is 0 Å². The minimum Gasteiger partial charge on any atom is -0.477 e. The number of rotatable bonds is 6. The largest absolute Gasteiger partial charge is 0.477 e. The number of hydrogen-bond acceptors (Lipinski definition) is 3. The molecule has 0 saturated heterocycles. The molecule has 0 unspecified atom stereocenters. The third kappa shape index (κ3) is 2.95. The van der Waals surface area contributed by atoms with Crippen LogP contribution < -0.4 is 10.5 Å². The molecule has 0 aliphatic rings. The zero-order chi connectivity index (χ0) is 12.1. The summed E-state index contributed by atoms with van der Waals surface area (Å²) in [6.45, 7) is 4.73. The summed E-state index contributed by atoms with van der Waals surface area (Å²) in [5.41, 5.74) is 7.24. The standard InChI is InChI=1S/C11H19N3OS/c1-4-5-6-7-15-11-9(10(12)16)8(2)13-14(11)3/h4-7H2,1-3H3,(H2,12,16). The molecule has 0 saturated carbocycles. The molecule has 5 heteroatoms. The molecule has 0 atom stereocenters. The Bertz CT molecular complexity index is 374. The van der Waals surface area contributed by atoms with Gasteiger partial charge in [-0.05, 0) is 13.3 Å². The smallest absolute Gasteiger partial charge is 0.222 e. The Kier molecular flexibility index (Phi) is 4.73. The van der Waals surface area contributed by atoms with Gasteiger partial charge in [0.05, 0.1) is 17.9 Å². The number of unbranched alkanes of at least 4 members (excludes halogenated alkanes) is 2. The van der Waals surface area contributed by atoms with Gasteiger partial charge in [0.2, 0.25) is 5.88 Å². The van der Waals surface area contributed by atoms with Crippen LogP contribution in [0, 0.1) is 6.92 Å². The summed E-state index contributed by atoms with van der Waals surface area (Å²) in [5.74, 6) is 0.682. The van der Waals surface area contributed by atoms with Crippen LogP contribution in [-0.4, -0.2) is 21.4 Å². The molecular weight excluding hydrogens is 222 g/mol. The Morgan fingerprint density at radius 2 is 2.19 bits per heavy atom. The van der Waals surface area contributed by atoms with Crippen molar-refractivity contribution in [1.82, 2.24) is 9.78 Å². The van der Waals surface area contributed by atoms with Gasteiger partial charge in [0, 0.05) is 7.05 Å². The van der Waals surface area contributed by atoms with Crippen molar-refractivity contribution in [3.63, 3.8) is 0 Å². The molecule has 4 nitrogen and oxygen atoms in total. The van der Waals surface area contributed by atoms with Crippen molar-refractivity contribution in [1.29, 1.82) is 0 Å². The lowest BCUT2D eigenvalue weighted by molar-refractivity contribution is 0.280. The summed E-state index contributed by atoms with van der Waals surface area (Å²) in [4.78, 5) is 0.344. The Balaban J connectivity index is 2.74.